The minimum atomic E-state index is -1.01. The third-order valence-corrected chi connectivity index (χ3v) is 3.13. The quantitative estimate of drug-likeness (QED) is 0.915. The molecule has 0 aliphatic heterocycles. The monoisotopic (exact) mass is 287 g/mol. The van der Waals surface area contributed by atoms with Crippen LogP contribution in [0, 0.1) is 13.8 Å². The van der Waals surface area contributed by atoms with E-state index in [1.165, 1.54) is 13.2 Å². The van der Waals surface area contributed by atoms with Gasteiger partial charge in [0.2, 0.25) is 5.88 Å². The highest BCUT2D eigenvalue weighted by atomic mass is 16.5. The smallest absolute Gasteiger partial charge is 0.336 e. The molecule has 1 aromatic heterocycles. The van der Waals surface area contributed by atoms with Gasteiger partial charge in [0, 0.05) is 16.8 Å². The van der Waals surface area contributed by atoms with Crippen LogP contribution >= 0.6 is 0 Å². The standard InChI is InChI=1S/C16H17NO4/c1-10-7-8-11(2)17-15(10)21-9-13-12(16(18)19)5-4-6-14(13)20-3/h4-8H,9H2,1-3H3,(H,18,19). The van der Waals surface area contributed by atoms with Crippen LogP contribution in [0.5, 0.6) is 11.6 Å². The average Bonchev–Trinajstić information content (AvgIpc) is 2.47. The zero-order chi connectivity index (χ0) is 15.4. The summed E-state index contributed by atoms with van der Waals surface area (Å²) >= 11 is 0. The van der Waals surface area contributed by atoms with Crippen LogP contribution in [-0.4, -0.2) is 23.2 Å². The summed E-state index contributed by atoms with van der Waals surface area (Å²) in [4.78, 5) is 15.6. The number of ether oxygens (including phenoxy) is 2. The molecule has 0 bridgehead atoms. The van der Waals surface area contributed by atoms with Gasteiger partial charge in [0.15, 0.2) is 0 Å². The normalized spacial score (nSPS) is 10.2. The van der Waals surface area contributed by atoms with E-state index in [0.29, 0.717) is 17.2 Å². The van der Waals surface area contributed by atoms with Gasteiger partial charge in [-0.3, -0.25) is 0 Å². The molecule has 0 saturated carbocycles. The van der Waals surface area contributed by atoms with Gasteiger partial charge in [-0.15, -0.1) is 0 Å². The van der Waals surface area contributed by atoms with Gasteiger partial charge in [0.05, 0.1) is 12.7 Å². The van der Waals surface area contributed by atoms with Crippen LogP contribution in [0.15, 0.2) is 30.3 Å². The molecule has 2 aromatic rings. The number of aryl methyl sites for hydroxylation is 2. The lowest BCUT2D eigenvalue weighted by molar-refractivity contribution is 0.0693. The van der Waals surface area contributed by atoms with Crippen molar-refractivity contribution < 1.29 is 19.4 Å². The van der Waals surface area contributed by atoms with Gasteiger partial charge in [0.25, 0.3) is 0 Å². The molecule has 21 heavy (non-hydrogen) atoms. The highest BCUT2D eigenvalue weighted by Gasteiger charge is 2.16. The maximum absolute atomic E-state index is 11.3. The molecular weight excluding hydrogens is 270 g/mol. The number of methoxy groups -OCH3 is 1. The lowest BCUT2D eigenvalue weighted by atomic mass is 10.1. The third-order valence-electron chi connectivity index (χ3n) is 3.13. The number of hydrogen-bond acceptors (Lipinski definition) is 4. The van der Waals surface area contributed by atoms with Crippen molar-refractivity contribution in [2.24, 2.45) is 0 Å². The molecule has 5 heteroatoms. The summed E-state index contributed by atoms with van der Waals surface area (Å²) in [5.74, 6) is -0.0288. The average molecular weight is 287 g/mol. The predicted octanol–water partition coefficient (Wildman–Crippen LogP) is 2.98. The Hall–Kier alpha value is -2.56. The number of nitrogens with zero attached hydrogens (tertiary/aromatic N) is 1. The third kappa shape index (κ3) is 3.31. The van der Waals surface area contributed by atoms with E-state index in [1.54, 1.807) is 12.1 Å². The van der Waals surface area contributed by atoms with Gasteiger partial charge in [-0.2, -0.15) is 0 Å². The predicted molar refractivity (Wildman–Crippen MR) is 78.0 cm³/mol. The van der Waals surface area contributed by atoms with Crippen LogP contribution in [0.3, 0.4) is 0 Å². The van der Waals surface area contributed by atoms with Crippen molar-refractivity contribution >= 4 is 5.97 Å². The topological polar surface area (TPSA) is 68.7 Å². The Morgan fingerprint density at radius 2 is 2.00 bits per heavy atom. The maximum Gasteiger partial charge on any atom is 0.336 e. The lowest BCUT2D eigenvalue weighted by Crippen LogP contribution is -2.08. The first-order valence-electron chi connectivity index (χ1n) is 6.49. The second-order valence-electron chi connectivity index (χ2n) is 4.65. The molecule has 0 atom stereocenters. The second-order valence-corrected chi connectivity index (χ2v) is 4.65. The molecule has 0 unspecified atom stereocenters. The number of carboxylic acids is 1. The Morgan fingerprint density at radius 3 is 2.67 bits per heavy atom. The van der Waals surface area contributed by atoms with E-state index in [-0.39, 0.29) is 12.2 Å². The number of carbonyl (C=O) groups is 1. The number of hydrogen-bond donors (Lipinski definition) is 1. The van der Waals surface area contributed by atoms with E-state index in [2.05, 4.69) is 4.98 Å². The Balaban J connectivity index is 2.31. The molecule has 0 radical (unpaired) electrons. The minimum absolute atomic E-state index is 0.0862. The van der Waals surface area contributed by atoms with Crippen molar-refractivity contribution in [2.75, 3.05) is 7.11 Å². The number of carboxylic acid groups (broad SMARTS) is 1. The van der Waals surface area contributed by atoms with Gasteiger partial charge in [-0.25, -0.2) is 9.78 Å². The molecule has 0 fully saturated rings. The largest absolute Gasteiger partial charge is 0.496 e. The van der Waals surface area contributed by atoms with Gasteiger partial charge in [0.1, 0.15) is 12.4 Å². The summed E-state index contributed by atoms with van der Waals surface area (Å²) < 4.78 is 10.9. The van der Waals surface area contributed by atoms with Crippen LogP contribution in [0.4, 0.5) is 0 Å². The van der Waals surface area contributed by atoms with Crippen molar-refractivity contribution in [3.8, 4) is 11.6 Å². The summed E-state index contributed by atoms with van der Waals surface area (Å²) in [5.41, 5.74) is 2.40. The van der Waals surface area contributed by atoms with Gasteiger partial charge in [-0.1, -0.05) is 12.1 Å². The van der Waals surface area contributed by atoms with Crippen LogP contribution in [0.25, 0.3) is 0 Å². The van der Waals surface area contributed by atoms with E-state index < -0.39 is 5.97 Å². The number of benzene rings is 1. The SMILES string of the molecule is COc1cccc(C(=O)O)c1COc1nc(C)ccc1C. The molecule has 0 amide bonds. The van der Waals surface area contributed by atoms with Crippen molar-refractivity contribution in [3.63, 3.8) is 0 Å². The van der Waals surface area contributed by atoms with Gasteiger partial charge < -0.3 is 14.6 Å². The van der Waals surface area contributed by atoms with Crippen molar-refractivity contribution in [3.05, 3.63) is 52.7 Å². The van der Waals surface area contributed by atoms with E-state index in [0.717, 1.165) is 11.3 Å². The fourth-order valence-corrected chi connectivity index (χ4v) is 2.00. The van der Waals surface area contributed by atoms with E-state index in [4.69, 9.17) is 9.47 Å². The molecule has 1 N–H and O–H groups in total. The first kappa shape index (κ1) is 14.8. The molecule has 5 nitrogen and oxygen atoms in total. The maximum atomic E-state index is 11.3. The van der Waals surface area contributed by atoms with Crippen LogP contribution in [0.1, 0.15) is 27.2 Å². The molecule has 0 aliphatic rings. The fraction of sp³-hybridized carbons (Fsp3) is 0.250. The summed E-state index contributed by atoms with van der Waals surface area (Å²) in [7, 11) is 1.50. The van der Waals surface area contributed by atoms with Crippen molar-refractivity contribution in [1.82, 2.24) is 4.98 Å². The highest BCUT2D eigenvalue weighted by Crippen LogP contribution is 2.25. The van der Waals surface area contributed by atoms with E-state index in [1.807, 2.05) is 26.0 Å². The number of aromatic nitrogens is 1. The van der Waals surface area contributed by atoms with Crippen LogP contribution in [0.2, 0.25) is 0 Å². The zero-order valence-electron chi connectivity index (χ0n) is 12.2. The molecular formula is C16H17NO4. The number of rotatable bonds is 5. The minimum Gasteiger partial charge on any atom is -0.496 e. The Morgan fingerprint density at radius 1 is 1.24 bits per heavy atom. The lowest BCUT2D eigenvalue weighted by Gasteiger charge is -2.13. The first-order chi connectivity index (χ1) is 10.0. The van der Waals surface area contributed by atoms with Crippen LogP contribution in [-0.2, 0) is 6.61 Å². The zero-order valence-corrected chi connectivity index (χ0v) is 12.2. The highest BCUT2D eigenvalue weighted by molar-refractivity contribution is 5.90. The Labute approximate surface area is 123 Å². The molecule has 1 heterocycles. The number of aromatic carboxylic acids is 1. The van der Waals surface area contributed by atoms with Crippen molar-refractivity contribution in [1.29, 1.82) is 0 Å². The molecule has 2 rings (SSSR count). The van der Waals surface area contributed by atoms with Gasteiger partial charge >= 0.3 is 5.97 Å². The molecule has 0 saturated heterocycles. The second kappa shape index (κ2) is 6.26. The van der Waals surface area contributed by atoms with Crippen molar-refractivity contribution in [2.45, 2.75) is 20.5 Å². The first-order valence-corrected chi connectivity index (χ1v) is 6.49. The Bertz CT molecular complexity index is 667. The Kier molecular flexibility index (Phi) is 4.42. The summed E-state index contributed by atoms with van der Waals surface area (Å²) in [6.45, 7) is 3.85. The molecule has 1 aromatic carbocycles. The van der Waals surface area contributed by atoms with Gasteiger partial charge in [-0.05, 0) is 32.0 Å². The fourth-order valence-electron chi connectivity index (χ4n) is 2.00. The van der Waals surface area contributed by atoms with E-state index >= 15 is 0 Å². The molecule has 0 spiro atoms. The molecule has 0 aliphatic carbocycles. The summed E-state index contributed by atoms with van der Waals surface area (Å²) in [5, 5.41) is 9.25. The summed E-state index contributed by atoms with van der Waals surface area (Å²) in [6.07, 6.45) is 0. The molecule has 110 valence electrons. The number of pyridine rings is 1. The van der Waals surface area contributed by atoms with Crippen LogP contribution < -0.4 is 9.47 Å². The van der Waals surface area contributed by atoms with E-state index in [9.17, 15) is 9.90 Å². The summed E-state index contributed by atoms with van der Waals surface area (Å²) in [6, 6.07) is 8.69.